The number of benzene rings is 1. The second-order valence-electron chi connectivity index (χ2n) is 7.28. The Morgan fingerprint density at radius 2 is 1.72 bits per heavy atom. The molecule has 2 rings (SSSR count). The molecule has 1 aromatic carbocycles. The highest BCUT2D eigenvalue weighted by atomic mass is 32.1. The fourth-order valence-electron chi connectivity index (χ4n) is 3.18. The molecule has 0 atom stereocenters. The molecule has 8 heteroatoms. The summed E-state index contributed by atoms with van der Waals surface area (Å²) in [6, 6.07) is 13.7. The summed E-state index contributed by atoms with van der Waals surface area (Å²) < 4.78 is 10.0. The van der Waals surface area contributed by atoms with Gasteiger partial charge in [0.1, 0.15) is 0 Å². The SMILES string of the molecule is CCOC(=O)CCC(=O)N(CCCOC)CC(=O)N(Cc1ccccc1)Cc1cccs1. The molecule has 0 aliphatic heterocycles. The van der Waals surface area contributed by atoms with E-state index in [4.69, 9.17) is 9.47 Å². The topological polar surface area (TPSA) is 76.1 Å². The second-order valence-corrected chi connectivity index (χ2v) is 8.31. The molecular formula is C24H32N2O5S. The van der Waals surface area contributed by atoms with Crippen LogP contribution in [-0.2, 0) is 36.9 Å². The van der Waals surface area contributed by atoms with E-state index in [0.29, 0.717) is 32.7 Å². The van der Waals surface area contributed by atoms with Crippen LogP contribution in [0.15, 0.2) is 47.8 Å². The highest BCUT2D eigenvalue weighted by Gasteiger charge is 2.22. The molecule has 0 unspecified atom stereocenters. The highest BCUT2D eigenvalue weighted by Crippen LogP contribution is 2.15. The predicted molar refractivity (Wildman–Crippen MR) is 124 cm³/mol. The summed E-state index contributed by atoms with van der Waals surface area (Å²) in [5.74, 6) is -0.783. The van der Waals surface area contributed by atoms with Crippen molar-refractivity contribution in [2.75, 3.05) is 33.4 Å². The third-order valence-electron chi connectivity index (χ3n) is 4.80. The first-order chi connectivity index (χ1) is 15.5. The minimum atomic E-state index is -0.410. The fraction of sp³-hybridized carbons (Fsp3) is 0.458. The summed E-state index contributed by atoms with van der Waals surface area (Å²) in [7, 11) is 1.60. The molecule has 32 heavy (non-hydrogen) atoms. The van der Waals surface area contributed by atoms with Gasteiger partial charge >= 0.3 is 5.97 Å². The zero-order valence-electron chi connectivity index (χ0n) is 18.8. The molecule has 7 nitrogen and oxygen atoms in total. The molecule has 1 aromatic heterocycles. The number of amides is 2. The number of esters is 1. The third kappa shape index (κ3) is 9.20. The molecule has 0 bridgehead atoms. The van der Waals surface area contributed by atoms with Gasteiger partial charge in [-0.1, -0.05) is 36.4 Å². The van der Waals surface area contributed by atoms with E-state index in [1.54, 1.807) is 30.3 Å². The standard InChI is InChI=1S/C24H32N2O5S/c1-3-31-24(29)13-12-22(27)25(14-8-15-30-2)19-23(28)26(18-21-11-7-16-32-21)17-20-9-5-4-6-10-20/h4-7,9-11,16H,3,8,12-15,17-19H2,1-2H3. The zero-order chi connectivity index (χ0) is 23.2. The van der Waals surface area contributed by atoms with E-state index < -0.39 is 5.97 Å². The quantitative estimate of drug-likeness (QED) is 0.319. The molecule has 2 amide bonds. The van der Waals surface area contributed by atoms with Gasteiger partial charge in [-0.15, -0.1) is 11.3 Å². The Morgan fingerprint density at radius 1 is 0.938 bits per heavy atom. The molecule has 0 aliphatic rings. The first-order valence-corrected chi connectivity index (χ1v) is 11.7. The maximum atomic E-state index is 13.3. The maximum absolute atomic E-state index is 13.3. The van der Waals surface area contributed by atoms with Gasteiger partial charge in [-0.05, 0) is 30.4 Å². The lowest BCUT2D eigenvalue weighted by Crippen LogP contribution is -2.43. The number of rotatable bonds is 14. The highest BCUT2D eigenvalue weighted by molar-refractivity contribution is 7.09. The van der Waals surface area contributed by atoms with Crippen molar-refractivity contribution in [3.63, 3.8) is 0 Å². The lowest BCUT2D eigenvalue weighted by atomic mass is 10.2. The van der Waals surface area contributed by atoms with Crippen molar-refractivity contribution in [1.82, 2.24) is 9.80 Å². The van der Waals surface area contributed by atoms with Crippen molar-refractivity contribution in [1.29, 1.82) is 0 Å². The number of thiophene rings is 1. The molecule has 0 radical (unpaired) electrons. The monoisotopic (exact) mass is 460 g/mol. The van der Waals surface area contributed by atoms with Gasteiger partial charge in [-0.3, -0.25) is 14.4 Å². The van der Waals surface area contributed by atoms with E-state index in [-0.39, 0.29) is 37.8 Å². The van der Waals surface area contributed by atoms with Crippen LogP contribution in [0.25, 0.3) is 0 Å². The first kappa shape index (κ1) is 25.5. The summed E-state index contributed by atoms with van der Waals surface area (Å²) >= 11 is 1.59. The Balaban J connectivity index is 2.08. The van der Waals surface area contributed by atoms with E-state index in [0.717, 1.165) is 10.4 Å². The second kappa shape index (κ2) is 14.4. The van der Waals surface area contributed by atoms with E-state index in [1.807, 2.05) is 47.8 Å². The minimum Gasteiger partial charge on any atom is -0.466 e. The number of ether oxygens (including phenoxy) is 2. The van der Waals surface area contributed by atoms with Crippen molar-refractivity contribution in [3.05, 3.63) is 58.3 Å². The third-order valence-corrected chi connectivity index (χ3v) is 5.66. The van der Waals surface area contributed by atoms with Gasteiger partial charge < -0.3 is 19.3 Å². The summed E-state index contributed by atoms with van der Waals surface area (Å²) in [6.45, 7) is 3.78. The number of hydrogen-bond donors (Lipinski definition) is 0. The van der Waals surface area contributed by atoms with Gasteiger partial charge in [0, 0.05) is 38.1 Å². The number of methoxy groups -OCH3 is 1. The van der Waals surface area contributed by atoms with Crippen LogP contribution >= 0.6 is 11.3 Å². The van der Waals surface area contributed by atoms with Crippen LogP contribution in [0.5, 0.6) is 0 Å². The minimum absolute atomic E-state index is 0.00453. The number of hydrogen-bond acceptors (Lipinski definition) is 6. The lowest BCUT2D eigenvalue weighted by molar-refractivity contribution is -0.146. The Kier molecular flexibility index (Phi) is 11.5. The molecule has 0 fully saturated rings. The fourth-order valence-corrected chi connectivity index (χ4v) is 3.90. The molecule has 1 heterocycles. The van der Waals surface area contributed by atoms with Gasteiger partial charge in [0.05, 0.1) is 26.1 Å². The normalized spacial score (nSPS) is 10.6. The van der Waals surface area contributed by atoms with Crippen molar-refractivity contribution in [3.8, 4) is 0 Å². The van der Waals surface area contributed by atoms with Crippen LogP contribution in [0.4, 0.5) is 0 Å². The number of carbonyl (C=O) groups is 3. The van der Waals surface area contributed by atoms with E-state index >= 15 is 0 Å². The number of nitrogens with zero attached hydrogens (tertiary/aromatic N) is 2. The van der Waals surface area contributed by atoms with Crippen molar-refractivity contribution in [2.24, 2.45) is 0 Å². The van der Waals surface area contributed by atoms with Crippen molar-refractivity contribution in [2.45, 2.75) is 39.3 Å². The molecular weight excluding hydrogens is 428 g/mol. The maximum Gasteiger partial charge on any atom is 0.306 e. The van der Waals surface area contributed by atoms with Crippen LogP contribution in [0, 0.1) is 0 Å². The summed E-state index contributed by atoms with van der Waals surface area (Å²) in [4.78, 5) is 42.1. The van der Waals surface area contributed by atoms with Gasteiger partial charge in [-0.2, -0.15) is 0 Å². The van der Waals surface area contributed by atoms with E-state index in [1.165, 1.54) is 4.90 Å². The average molecular weight is 461 g/mol. The smallest absolute Gasteiger partial charge is 0.306 e. The Hall–Kier alpha value is -2.71. The summed E-state index contributed by atoms with van der Waals surface area (Å²) in [5, 5.41) is 1.98. The van der Waals surface area contributed by atoms with Crippen LogP contribution in [0.1, 0.15) is 36.6 Å². The van der Waals surface area contributed by atoms with Gasteiger partial charge in [-0.25, -0.2) is 0 Å². The van der Waals surface area contributed by atoms with Gasteiger partial charge in [0.2, 0.25) is 11.8 Å². The van der Waals surface area contributed by atoms with Crippen LogP contribution in [-0.4, -0.2) is 61.0 Å². The molecule has 0 saturated carbocycles. The average Bonchev–Trinajstić information content (AvgIpc) is 3.30. The Bertz CT molecular complexity index is 826. The van der Waals surface area contributed by atoms with E-state index in [2.05, 4.69) is 0 Å². The van der Waals surface area contributed by atoms with Crippen LogP contribution in [0.3, 0.4) is 0 Å². The van der Waals surface area contributed by atoms with Crippen LogP contribution in [0.2, 0.25) is 0 Å². The van der Waals surface area contributed by atoms with Crippen molar-refractivity contribution < 1.29 is 23.9 Å². The predicted octanol–water partition coefficient (Wildman–Crippen LogP) is 3.49. The van der Waals surface area contributed by atoms with E-state index in [9.17, 15) is 14.4 Å². The Labute approximate surface area is 193 Å². The van der Waals surface area contributed by atoms with Crippen LogP contribution < -0.4 is 0 Å². The lowest BCUT2D eigenvalue weighted by Gasteiger charge is -2.28. The Morgan fingerprint density at radius 3 is 2.38 bits per heavy atom. The molecule has 0 aliphatic carbocycles. The molecule has 0 saturated heterocycles. The van der Waals surface area contributed by atoms with Gasteiger partial charge in [0.15, 0.2) is 0 Å². The van der Waals surface area contributed by atoms with Crippen molar-refractivity contribution >= 4 is 29.1 Å². The number of carbonyl (C=O) groups excluding carboxylic acids is 3. The summed E-state index contributed by atoms with van der Waals surface area (Å²) in [5.41, 5.74) is 1.02. The molecule has 174 valence electrons. The molecule has 2 aromatic rings. The molecule has 0 N–H and O–H groups in total. The summed E-state index contributed by atoms with van der Waals surface area (Å²) in [6.07, 6.45) is 0.631. The zero-order valence-corrected chi connectivity index (χ0v) is 19.6. The molecule has 0 spiro atoms. The largest absolute Gasteiger partial charge is 0.466 e. The first-order valence-electron chi connectivity index (χ1n) is 10.8. The van der Waals surface area contributed by atoms with Gasteiger partial charge in [0.25, 0.3) is 0 Å².